The van der Waals surface area contributed by atoms with Crippen molar-refractivity contribution in [2.24, 2.45) is 0 Å². The van der Waals surface area contributed by atoms with Crippen LogP contribution in [0.15, 0.2) is 50.8 Å². The molecule has 3 aromatic carbocycles. The van der Waals surface area contributed by atoms with Crippen molar-refractivity contribution in [1.82, 2.24) is 13.7 Å². The van der Waals surface area contributed by atoms with E-state index in [1.165, 1.54) is 0 Å². The Bertz CT molecular complexity index is 2600. The minimum Gasteiger partial charge on any atom is -0.507 e. The lowest BCUT2D eigenvalue weighted by atomic mass is 9.78. The number of carbonyl (C=O) groups is 3. The zero-order chi connectivity index (χ0) is 58.1. The fourth-order valence-corrected chi connectivity index (χ4v) is 9.47. The van der Waals surface area contributed by atoms with Gasteiger partial charge in [-0.3, -0.25) is 14.4 Å². The molecule has 6 N–H and O–H groups in total. The number of aromatic nitrogens is 3. The third kappa shape index (κ3) is 12.8. The zero-order valence-corrected chi connectivity index (χ0v) is 48.7. The molecule has 0 aliphatic heterocycles. The first-order valence-electron chi connectivity index (χ1n) is 25.9. The molecule has 4 rings (SSSR count). The van der Waals surface area contributed by atoms with Crippen molar-refractivity contribution in [1.29, 1.82) is 0 Å². The maximum absolute atomic E-state index is 14.8. The van der Waals surface area contributed by atoms with Gasteiger partial charge in [-0.05, 0) is 123 Å². The number of aromatic hydroxyl groups is 3. The number of phenolic OH excluding ortho intramolecular Hbond substituents is 3. The molecule has 0 fully saturated rings. The summed E-state index contributed by atoms with van der Waals surface area (Å²) in [6.07, 6.45) is -1.73. The van der Waals surface area contributed by atoms with Crippen molar-refractivity contribution in [2.45, 2.75) is 234 Å². The number of benzene rings is 3. The van der Waals surface area contributed by atoms with Crippen LogP contribution in [-0.2, 0) is 83.3 Å². The van der Waals surface area contributed by atoms with E-state index in [0.29, 0.717) is 50.1 Å². The summed E-state index contributed by atoms with van der Waals surface area (Å²) in [4.78, 5) is 87.7. The molecule has 0 saturated carbocycles. The van der Waals surface area contributed by atoms with Gasteiger partial charge in [0.2, 0.25) is 17.2 Å². The Morgan fingerprint density at radius 3 is 0.613 bits per heavy atom. The van der Waals surface area contributed by atoms with Crippen LogP contribution in [0.1, 0.15) is 215 Å². The topological polar surface area (TPSA) is 239 Å². The number of carbonyl (C=O) groups excluding carboxylic acids is 3. The molecule has 15 heteroatoms. The Kier molecular flexibility index (Phi) is 16.8. The van der Waals surface area contributed by atoms with Gasteiger partial charge in [-0.1, -0.05) is 161 Å². The number of Topliss-reactive ketones (excluding diaryl/α,β-unsaturated/α-hetero) is 3. The Hall–Kier alpha value is -5.64. The molecule has 0 aliphatic carbocycles. The van der Waals surface area contributed by atoms with E-state index in [0.717, 1.165) is 20.8 Å². The van der Waals surface area contributed by atoms with Gasteiger partial charge in [0.15, 0.2) is 17.3 Å². The maximum atomic E-state index is 14.8. The van der Waals surface area contributed by atoms with Crippen LogP contribution in [0.4, 0.5) is 0 Å². The monoisotopic (exact) mass is 1040 g/mol. The molecule has 0 radical (unpaired) electrons. The molecule has 0 spiro atoms. The number of hydrogen-bond donors (Lipinski definition) is 6. The van der Waals surface area contributed by atoms with Gasteiger partial charge in [0.1, 0.15) is 17.2 Å². The number of phenols is 3. The molecule has 0 aliphatic rings. The molecule has 414 valence electrons. The molecule has 1 aromatic heterocycles. The van der Waals surface area contributed by atoms with Gasteiger partial charge in [0.25, 0.3) is 0 Å². The molecule has 0 amide bonds. The fraction of sp³-hybridized carbons (Fsp3) is 0.600. The predicted octanol–water partition coefficient (Wildman–Crippen LogP) is 8.67. The van der Waals surface area contributed by atoms with Gasteiger partial charge >= 0.3 is 17.1 Å². The second-order valence-corrected chi connectivity index (χ2v) is 27.3. The standard InChI is InChI=1S/C60H87N3O12/c1-52(2,3)37-28-34(29-38(46(37)67)53(4,5)6)22-25-43(64)58(19,73)61-49(70)62(59(20,74)44(65)26-23-35-30-39(54(7,8)9)47(68)40(31-35)55(10,11)12)51(72)63(50(61)71)60(21,75)45(66)27-24-36-32-41(56(13,14)15)48(69)42(33-36)57(16,17)18/h28-33,67-69,73-75H,22-27H2,1-21H3. The molecule has 3 atom stereocenters. The summed E-state index contributed by atoms with van der Waals surface area (Å²) in [7, 11) is 0. The van der Waals surface area contributed by atoms with Gasteiger partial charge in [-0.25, -0.2) is 28.1 Å². The minimum absolute atomic E-state index is 0.0331. The van der Waals surface area contributed by atoms with Crippen LogP contribution in [-0.4, -0.2) is 61.7 Å². The average Bonchev–Trinajstić information content (AvgIpc) is 3.21. The van der Waals surface area contributed by atoms with Gasteiger partial charge < -0.3 is 30.6 Å². The fourth-order valence-electron chi connectivity index (χ4n) is 9.47. The summed E-state index contributed by atoms with van der Waals surface area (Å²) >= 11 is 0. The van der Waals surface area contributed by atoms with Crippen molar-refractivity contribution in [3.05, 3.63) is 118 Å². The Labute approximate surface area is 443 Å². The van der Waals surface area contributed by atoms with Crippen LogP contribution in [0.2, 0.25) is 0 Å². The predicted molar refractivity (Wildman–Crippen MR) is 293 cm³/mol. The Balaban J connectivity index is 1.95. The van der Waals surface area contributed by atoms with Gasteiger partial charge in [0, 0.05) is 19.3 Å². The number of rotatable bonds is 15. The minimum atomic E-state index is -3.13. The largest absolute Gasteiger partial charge is 0.507 e. The highest BCUT2D eigenvalue weighted by molar-refractivity contribution is 5.86. The lowest BCUT2D eigenvalue weighted by Crippen LogP contribution is -2.69. The molecule has 75 heavy (non-hydrogen) atoms. The van der Waals surface area contributed by atoms with E-state index < -0.39 is 103 Å². The van der Waals surface area contributed by atoms with Crippen LogP contribution in [0, 0.1) is 0 Å². The van der Waals surface area contributed by atoms with Crippen LogP contribution >= 0.6 is 0 Å². The van der Waals surface area contributed by atoms with Crippen molar-refractivity contribution in [3.63, 3.8) is 0 Å². The highest BCUT2D eigenvalue weighted by Crippen LogP contribution is 2.43. The number of nitrogens with zero attached hydrogens (tertiary/aromatic N) is 3. The number of aliphatic hydroxyl groups is 3. The van der Waals surface area contributed by atoms with E-state index in [1.807, 2.05) is 125 Å². The molecule has 1 heterocycles. The van der Waals surface area contributed by atoms with Crippen molar-refractivity contribution in [3.8, 4) is 17.2 Å². The number of ketones is 3. The number of hydrogen-bond acceptors (Lipinski definition) is 12. The first-order chi connectivity index (χ1) is 33.5. The smallest absolute Gasteiger partial charge is 0.341 e. The summed E-state index contributed by atoms with van der Waals surface area (Å²) < 4.78 is -0.0994. The lowest BCUT2D eigenvalue weighted by Gasteiger charge is -2.32. The van der Waals surface area contributed by atoms with E-state index >= 15 is 0 Å². The van der Waals surface area contributed by atoms with Crippen LogP contribution in [0.25, 0.3) is 0 Å². The zero-order valence-electron chi connectivity index (χ0n) is 48.7. The summed E-state index contributed by atoms with van der Waals surface area (Å²) in [6.45, 7) is 37.0. The molecule has 3 unspecified atom stereocenters. The van der Waals surface area contributed by atoms with E-state index in [9.17, 15) is 59.4 Å². The van der Waals surface area contributed by atoms with E-state index in [4.69, 9.17) is 0 Å². The third-order valence-electron chi connectivity index (χ3n) is 14.3. The van der Waals surface area contributed by atoms with E-state index in [1.54, 1.807) is 36.4 Å². The van der Waals surface area contributed by atoms with Crippen LogP contribution in [0.5, 0.6) is 17.2 Å². The first-order valence-corrected chi connectivity index (χ1v) is 25.9. The summed E-state index contributed by atoms with van der Waals surface area (Å²) in [6, 6.07) is 10.4. The summed E-state index contributed by atoms with van der Waals surface area (Å²) in [5.74, 6) is -3.08. The normalized spacial score (nSPS) is 15.5. The van der Waals surface area contributed by atoms with Gasteiger partial charge in [-0.2, -0.15) is 0 Å². The molecule has 0 saturated heterocycles. The average molecular weight is 1040 g/mol. The SMILES string of the molecule is CC(C)(C)c1cc(CCC(=O)C(C)(O)n2c(=O)n(C(C)(O)C(=O)CCc3cc(C(C)(C)C)c(O)c(C(C)(C)C)c3)c(=O)n(C(C)(O)C(=O)CCc3cc(C(C)(C)C)c(O)c(C(C)(C)C)c3)c2=O)cc(C(C)(C)C)c1O. The highest BCUT2D eigenvalue weighted by Gasteiger charge is 2.46. The van der Waals surface area contributed by atoms with Gasteiger partial charge in [-0.15, -0.1) is 0 Å². The van der Waals surface area contributed by atoms with Gasteiger partial charge in [0.05, 0.1) is 0 Å². The van der Waals surface area contributed by atoms with Crippen molar-refractivity contribution < 1.29 is 45.0 Å². The lowest BCUT2D eigenvalue weighted by molar-refractivity contribution is -0.155. The molecule has 15 nitrogen and oxygen atoms in total. The van der Waals surface area contributed by atoms with E-state index in [2.05, 4.69) is 0 Å². The van der Waals surface area contributed by atoms with Crippen molar-refractivity contribution >= 4 is 17.3 Å². The quantitative estimate of drug-likeness (QED) is 0.0656. The molecule has 0 bridgehead atoms. The summed E-state index contributed by atoms with van der Waals surface area (Å²) in [5.41, 5.74) is -12.6. The summed E-state index contributed by atoms with van der Waals surface area (Å²) in [5, 5.41) is 70.7. The third-order valence-corrected chi connectivity index (χ3v) is 14.3. The molecular formula is C60H87N3O12. The van der Waals surface area contributed by atoms with Crippen molar-refractivity contribution in [2.75, 3.05) is 0 Å². The Morgan fingerprint density at radius 1 is 0.333 bits per heavy atom. The number of aryl methyl sites for hydroxylation is 3. The second-order valence-electron chi connectivity index (χ2n) is 27.3. The first kappa shape index (κ1) is 61.9. The molecule has 4 aromatic rings. The van der Waals surface area contributed by atoms with Crippen LogP contribution in [0.3, 0.4) is 0 Å². The van der Waals surface area contributed by atoms with E-state index in [-0.39, 0.29) is 50.2 Å². The maximum Gasteiger partial charge on any atom is 0.341 e. The Morgan fingerprint density at radius 2 is 0.480 bits per heavy atom. The van der Waals surface area contributed by atoms with Crippen LogP contribution < -0.4 is 17.1 Å². The highest BCUT2D eigenvalue weighted by atomic mass is 16.3. The molecular weight excluding hydrogens is 955 g/mol. The second kappa shape index (κ2) is 20.4.